The third-order valence-electron chi connectivity index (χ3n) is 2.55. The fourth-order valence-electron chi connectivity index (χ4n) is 1.57. The third kappa shape index (κ3) is 11.1. The Morgan fingerprint density at radius 1 is 1.00 bits per heavy atom. The van der Waals surface area contributed by atoms with E-state index in [4.69, 9.17) is 5.11 Å². The van der Waals surface area contributed by atoms with Gasteiger partial charge in [-0.05, 0) is 12.5 Å². The molecule has 0 amide bonds. The van der Waals surface area contributed by atoms with Gasteiger partial charge in [0.15, 0.2) is 0 Å². The lowest BCUT2D eigenvalue weighted by Gasteiger charge is -2.01. The Labute approximate surface area is 98.2 Å². The molecule has 0 aromatic rings. The van der Waals surface area contributed by atoms with E-state index in [0.717, 1.165) is 12.8 Å². The van der Waals surface area contributed by atoms with E-state index >= 15 is 0 Å². The fraction of sp³-hybridized carbons (Fsp3) is 0.769. The minimum absolute atomic E-state index is 0.0810. The minimum Gasteiger partial charge on any atom is -0.513 e. The summed E-state index contributed by atoms with van der Waals surface area (Å²) in [5, 5.41) is 17.7. The normalized spacial score (nSPS) is 11.7. The molecule has 0 radical (unpaired) electrons. The molecular weight excluding hydrogens is 204 g/mol. The molecule has 94 valence electrons. The standard InChI is InChI=1S/C13H24O3/c1-2-3-4-5-6-7-8-9-12(14)10-11-13(15)16/h10,14H,2-9,11H2,1H3,(H,15,16). The van der Waals surface area contributed by atoms with Gasteiger partial charge in [0.25, 0.3) is 0 Å². The van der Waals surface area contributed by atoms with Crippen molar-refractivity contribution in [3.8, 4) is 0 Å². The van der Waals surface area contributed by atoms with E-state index in [9.17, 15) is 9.90 Å². The van der Waals surface area contributed by atoms with E-state index < -0.39 is 5.97 Å². The topological polar surface area (TPSA) is 57.5 Å². The van der Waals surface area contributed by atoms with Crippen LogP contribution in [0, 0.1) is 0 Å². The van der Waals surface area contributed by atoms with Crippen molar-refractivity contribution in [2.24, 2.45) is 0 Å². The van der Waals surface area contributed by atoms with Crippen molar-refractivity contribution >= 4 is 5.97 Å². The molecule has 0 aromatic carbocycles. The number of hydrogen-bond acceptors (Lipinski definition) is 2. The molecule has 0 saturated heterocycles. The third-order valence-corrected chi connectivity index (χ3v) is 2.55. The molecule has 0 unspecified atom stereocenters. The number of aliphatic carboxylic acids is 1. The first-order valence-corrected chi connectivity index (χ1v) is 6.26. The highest BCUT2D eigenvalue weighted by atomic mass is 16.4. The van der Waals surface area contributed by atoms with Gasteiger partial charge in [-0.15, -0.1) is 0 Å². The summed E-state index contributed by atoms with van der Waals surface area (Å²) < 4.78 is 0. The quantitative estimate of drug-likeness (QED) is 0.438. The maximum Gasteiger partial charge on any atom is 0.307 e. The summed E-state index contributed by atoms with van der Waals surface area (Å²) in [6.07, 6.45) is 10.4. The van der Waals surface area contributed by atoms with Crippen molar-refractivity contribution in [2.45, 2.75) is 64.7 Å². The van der Waals surface area contributed by atoms with Gasteiger partial charge in [0.05, 0.1) is 12.2 Å². The molecule has 0 aromatic heterocycles. The lowest BCUT2D eigenvalue weighted by Crippen LogP contribution is -1.92. The smallest absolute Gasteiger partial charge is 0.307 e. The second kappa shape index (κ2) is 10.5. The van der Waals surface area contributed by atoms with Crippen LogP contribution in [-0.4, -0.2) is 16.2 Å². The van der Waals surface area contributed by atoms with Gasteiger partial charge in [-0.1, -0.05) is 45.4 Å². The van der Waals surface area contributed by atoms with E-state index in [2.05, 4.69) is 6.92 Å². The summed E-state index contributed by atoms with van der Waals surface area (Å²) in [5.74, 6) is -0.679. The molecule has 0 aliphatic rings. The average Bonchev–Trinajstić information content (AvgIpc) is 2.25. The zero-order valence-corrected chi connectivity index (χ0v) is 10.2. The Bertz CT molecular complexity index is 209. The van der Waals surface area contributed by atoms with Crippen molar-refractivity contribution in [3.05, 3.63) is 11.8 Å². The number of aliphatic hydroxyl groups is 1. The second-order valence-electron chi connectivity index (χ2n) is 4.16. The van der Waals surface area contributed by atoms with Crippen LogP contribution in [0.2, 0.25) is 0 Å². The number of carboxylic acids is 1. The van der Waals surface area contributed by atoms with E-state index in [-0.39, 0.29) is 12.2 Å². The maximum atomic E-state index is 10.2. The number of carbonyl (C=O) groups is 1. The lowest BCUT2D eigenvalue weighted by molar-refractivity contribution is -0.136. The summed E-state index contributed by atoms with van der Waals surface area (Å²) in [4.78, 5) is 10.2. The molecule has 3 nitrogen and oxygen atoms in total. The van der Waals surface area contributed by atoms with Crippen LogP contribution in [0.4, 0.5) is 0 Å². The number of allylic oxidation sites excluding steroid dienone is 1. The predicted molar refractivity (Wildman–Crippen MR) is 65.6 cm³/mol. The van der Waals surface area contributed by atoms with Crippen LogP contribution in [0.5, 0.6) is 0 Å². The van der Waals surface area contributed by atoms with Crippen LogP contribution in [-0.2, 0) is 4.79 Å². The zero-order valence-electron chi connectivity index (χ0n) is 10.2. The van der Waals surface area contributed by atoms with Crippen molar-refractivity contribution in [3.63, 3.8) is 0 Å². The van der Waals surface area contributed by atoms with Gasteiger partial charge in [-0.2, -0.15) is 0 Å². The average molecular weight is 228 g/mol. The highest BCUT2D eigenvalue weighted by Gasteiger charge is 1.97. The predicted octanol–water partition coefficient (Wildman–Crippen LogP) is 4.04. The summed E-state index contributed by atoms with van der Waals surface area (Å²) in [6.45, 7) is 2.20. The SMILES string of the molecule is CCCCCCCCCC(O)=CCC(=O)O. The Kier molecular flexibility index (Phi) is 9.87. The Morgan fingerprint density at radius 2 is 1.56 bits per heavy atom. The molecule has 2 N–H and O–H groups in total. The monoisotopic (exact) mass is 228 g/mol. The van der Waals surface area contributed by atoms with Gasteiger partial charge in [0.2, 0.25) is 0 Å². The van der Waals surface area contributed by atoms with Gasteiger partial charge in [0, 0.05) is 6.42 Å². The molecule has 0 bridgehead atoms. The molecule has 16 heavy (non-hydrogen) atoms. The summed E-state index contributed by atoms with van der Waals surface area (Å²) >= 11 is 0. The molecule has 0 aliphatic carbocycles. The van der Waals surface area contributed by atoms with E-state index in [1.54, 1.807) is 0 Å². The first-order chi connectivity index (χ1) is 7.66. The van der Waals surface area contributed by atoms with Gasteiger partial charge in [0.1, 0.15) is 0 Å². The molecule has 0 atom stereocenters. The summed E-state index contributed by atoms with van der Waals surface area (Å²) in [5.41, 5.74) is 0. The maximum absolute atomic E-state index is 10.2. The summed E-state index contributed by atoms with van der Waals surface area (Å²) in [6, 6.07) is 0. The Balaban J connectivity index is 3.30. The van der Waals surface area contributed by atoms with Crippen LogP contribution in [0.25, 0.3) is 0 Å². The molecule has 0 fully saturated rings. The van der Waals surface area contributed by atoms with Gasteiger partial charge in [-0.3, -0.25) is 4.79 Å². The van der Waals surface area contributed by atoms with Gasteiger partial charge in [-0.25, -0.2) is 0 Å². The molecule has 0 saturated carbocycles. The number of carboxylic acid groups (broad SMARTS) is 1. The van der Waals surface area contributed by atoms with E-state index in [1.807, 2.05) is 0 Å². The van der Waals surface area contributed by atoms with E-state index in [1.165, 1.54) is 38.2 Å². The lowest BCUT2D eigenvalue weighted by atomic mass is 10.1. The van der Waals surface area contributed by atoms with E-state index in [0.29, 0.717) is 6.42 Å². The Hall–Kier alpha value is -0.990. The number of aliphatic hydroxyl groups excluding tert-OH is 1. The van der Waals surface area contributed by atoms with Crippen LogP contribution >= 0.6 is 0 Å². The van der Waals surface area contributed by atoms with Crippen LogP contribution in [0.3, 0.4) is 0 Å². The number of rotatable bonds is 10. The van der Waals surface area contributed by atoms with Crippen molar-refractivity contribution in [1.29, 1.82) is 0 Å². The Morgan fingerprint density at radius 3 is 2.12 bits per heavy atom. The molecular formula is C13H24O3. The number of hydrogen-bond donors (Lipinski definition) is 2. The summed E-state index contributed by atoms with van der Waals surface area (Å²) in [7, 11) is 0. The van der Waals surface area contributed by atoms with Crippen LogP contribution in [0.15, 0.2) is 11.8 Å². The fourth-order valence-corrected chi connectivity index (χ4v) is 1.57. The van der Waals surface area contributed by atoms with Crippen molar-refractivity contribution < 1.29 is 15.0 Å². The van der Waals surface area contributed by atoms with Crippen molar-refractivity contribution in [2.75, 3.05) is 0 Å². The molecule has 0 spiro atoms. The largest absolute Gasteiger partial charge is 0.513 e. The van der Waals surface area contributed by atoms with Crippen molar-refractivity contribution in [1.82, 2.24) is 0 Å². The second-order valence-corrected chi connectivity index (χ2v) is 4.16. The molecule has 0 rings (SSSR count). The van der Waals surface area contributed by atoms with Crippen LogP contribution in [0.1, 0.15) is 64.7 Å². The zero-order chi connectivity index (χ0) is 12.2. The number of unbranched alkanes of at least 4 members (excludes halogenated alkanes) is 6. The molecule has 0 heterocycles. The highest BCUT2D eigenvalue weighted by Crippen LogP contribution is 2.11. The van der Waals surface area contributed by atoms with Gasteiger partial charge >= 0.3 is 5.97 Å². The molecule has 0 aliphatic heterocycles. The minimum atomic E-state index is -0.897. The first kappa shape index (κ1) is 15.0. The van der Waals surface area contributed by atoms with Crippen LogP contribution < -0.4 is 0 Å². The molecule has 3 heteroatoms. The first-order valence-electron chi connectivity index (χ1n) is 6.26. The van der Waals surface area contributed by atoms with Gasteiger partial charge < -0.3 is 10.2 Å². The highest BCUT2D eigenvalue weighted by molar-refractivity contribution is 5.68.